The summed E-state index contributed by atoms with van der Waals surface area (Å²) < 4.78 is 13.4. The van der Waals surface area contributed by atoms with Gasteiger partial charge in [-0.05, 0) is 49.9 Å². The molecule has 6 heteroatoms. The molecule has 2 unspecified atom stereocenters. The van der Waals surface area contributed by atoms with Crippen molar-refractivity contribution >= 4 is 16.9 Å². The Balaban J connectivity index is 1.85. The zero-order chi connectivity index (χ0) is 15.8. The molecule has 1 aliphatic rings. The normalized spacial score (nSPS) is 20.5. The van der Waals surface area contributed by atoms with Crippen LogP contribution in [0.5, 0.6) is 0 Å². The Labute approximate surface area is 134 Å². The fourth-order valence-corrected chi connectivity index (χ4v) is 2.98. The molecule has 1 aliphatic carbocycles. The molecule has 0 saturated heterocycles. The Bertz CT molecular complexity index is 544. The van der Waals surface area contributed by atoms with Gasteiger partial charge in [-0.3, -0.25) is 10.4 Å². The molecule has 22 heavy (non-hydrogen) atoms. The fourth-order valence-electron chi connectivity index (χ4n) is 2.26. The zero-order valence-corrected chi connectivity index (χ0v) is 13.4. The standard InChI is InChI=1S/C16H21FN4S/c1-19-7-6-13-10-14(17)2-3-15(13)21-16(18)22-11-12-4-8-20-9-5-12/h2-5,8-10,13,15,19H,6-7,11H2,1H3,(H2,18,21). The van der Waals surface area contributed by atoms with Crippen LogP contribution in [-0.2, 0) is 5.75 Å². The van der Waals surface area contributed by atoms with Gasteiger partial charge < -0.3 is 10.6 Å². The maximum absolute atomic E-state index is 13.4. The monoisotopic (exact) mass is 320 g/mol. The molecule has 1 aromatic rings. The Morgan fingerprint density at radius 1 is 1.41 bits per heavy atom. The molecule has 4 nitrogen and oxygen atoms in total. The molecule has 0 fully saturated rings. The number of hydrogen-bond acceptors (Lipinski definition) is 4. The number of thioether (sulfide) groups is 1. The van der Waals surface area contributed by atoms with Gasteiger partial charge in [0.05, 0.1) is 6.04 Å². The predicted molar refractivity (Wildman–Crippen MR) is 90.5 cm³/mol. The maximum atomic E-state index is 13.4. The van der Waals surface area contributed by atoms with Gasteiger partial charge in [0.15, 0.2) is 5.17 Å². The topological polar surface area (TPSA) is 60.8 Å². The zero-order valence-electron chi connectivity index (χ0n) is 12.6. The van der Waals surface area contributed by atoms with Crippen LogP contribution in [0.2, 0.25) is 0 Å². The van der Waals surface area contributed by atoms with Gasteiger partial charge >= 0.3 is 0 Å². The molecule has 118 valence electrons. The van der Waals surface area contributed by atoms with Crippen molar-refractivity contribution in [3.63, 3.8) is 0 Å². The first-order chi connectivity index (χ1) is 10.7. The van der Waals surface area contributed by atoms with Gasteiger partial charge in [0, 0.05) is 24.1 Å². The highest BCUT2D eigenvalue weighted by atomic mass is 32.2. The lowest BCUT2D eigenvalue weighted by molar-refractivity contribution is 0.469. The van der Waals surface area contributed by atoms with Gasteiger partial charge in [0.25, 0.3) is 0 Å². The Hall–Kier alpha value is -1.66. The number of aromatic nitrogens is 1. The van der Waals surface area contributed by atoms with E-state index in [4.69, 9.17) is 5.41 Å². The molecule has 0 bridgehead atoms. The van der Waals surface area contributed by atoms with E-state index in [-0.39, 0.29) is 17.8 Å². The number of hydrogen-bond donors (Lipinski definition) is 3. The van der Waals surface area contributed by atoms with E-state index in [9.17, 15) is 4.39 Å². The van der Waals surface area contributed by atoms with E-state index in [1.54, 1.807) is 24.5 Å². The molecule has 3 N–H and O–H groups in total. The van der Waals surface area contributed by atoms with E-state index < -0.39 is 0 Å². The van der Waals surface area contributed by atoms with Crippen LogP contribution in [0.4, 0.5) is 4.39 Å². The van der Waals surface area contributed by atoms with Gasteiger partial charge in [-0.2, -0.15) is 0 Å². The summed E-state index contributed by atoms with van der Waals surface area (Å²) in [6.07, 6.45) is 9.23. The van der Waals surface area contributed by atoms with E-state index in [1.807, 2.05) is 19.2 Å². The van der Waals surface area contributed by atoms with Crippen molar-refractivity contribution in [2.45, 2.75) is 18.2 Å². The summed E-state index contributed by atoms with van der Waals surface area (Å²) in [5.74, 6) is 0.574. The molecule has 0 radical (unpaired) electrons. The largest absolute Gasteiger partial charge is 0.358 e. The predicted octanol–water partition coefficient (Wildman–Crippen LogP) is 2.86. The Kier molecular flexibility index (Phi) is 6.61. The van der Waals surface area contributed by atoms with Crippen molar-refractivity contribution < 1.29 is 4.39 Å². The second-order valence-corrected chi connectivity index (χ2v) is 6.10. The van der Waals surface area contributed by atoms with Crippen molar-refractivity contribution in [1.29, 1.82) is 5.41 Å². The quantitative estimate of drug-likeness (QED) is 0.557. The van der Waals surface area contributed by atoms with E-state index in [2.05, 4.69) is 15.6 Å². The molecule has 1 heterocycles. The van der Waals surface area contributed by atoms with Crippen molar-refractivity contribution in [3.8, 4) is 0 Å². The summed E-state index contributed by atoms with van der Waals surface area (Å²) in [5, 5.41) is 14.7. The minimum Gasteiger partial charge on any atom is -0.358 e. The second kappa shape index (κ2) is 8.70. The highest BCUT2D eigenvalue weighted by molar-refractivity contribution is 8.13. The molecular weight excluding hydrogens is 299 g/mol. The highest BCUT2D eigenvalue weighted by Gasteiger charge is 2.21. The number of halogens is 1. The average Bonchev–Trinajstić information content (AvgIpc) is 2.54. The molecule has 1 aromatic heterocycles. The first kappa shape index (κ1) is 16.7. The van der Waals surface area contributed by atoms with Gasteiger partial charge in [-0.25, -0.2) is 4.39 Å². The SMILES string of the molecule is CNCCC1C=C(F)C=CC1NC(=N)SCc1ccncc1. The summed E-state index contributed by atoms with van der Waals surface area (Å²) in [7, 11) is 1.88. The molecule has 0 spiro atoms. The van der Waals surface area contributed by atoms with Crippen LogP contribution < -0.4 is 10.6 Å². The molecule has 0 saturated carbocycles. The fraction of sp³-hybridized carbons (Fsp3) is 0.375. The average molecular weight is 320 g/mol. The van der Waals surface area contributed by atoms with E-state index in [0.29, 0.717) is 5.17 Å². The Morgan fingerprint density at radius 2 is 2.18 bits per heavy atom. The van der Waals surface area contributed by atoms with Crippen LogP contribution >= 0.6 is 11.8 Å². The first-order valence-electron chi connectivity index (χ1n) is 7.26. The number of pyridine rings is 1. The summed E-state index contributed by atoms with van der Waals surface area (Å²) in [6.45, 7) is 0.817. The lowest BCUT2D eigenvalue weighted by atomic mass is 9.91. The summed E-state index contributed by atoms with van der Waals surface area (Å²) in [4.78, 5) is 3.98. The van der Waals surface area contributed by atoms with E-state index in [1.165, 1.54) is 17.8 Å². The number of allylic oxidation sites excluding steroid dienone is 2. The molecule has 0 aromatic carbocycles. The highest BCUT2D eigenvalue weighted by Crippen LogP contribution is 2.22. The molecular formula is C16H21FN4S. The number of amidine groups is 1. The van der Waals surface area contributed by atoms with Gasteiger partial charge in [0.2, 0.25) is 0 Å². The maximum Gasteiger partial charge on any atom is 0.154 e. The summed E-state index contributed by atoms with van der Waals surface area (Å²) in [6, 6.07) is 3.84. The third-order valence-electron chi connectivity index (χ3n) is 3.46. The van der Waals surface area contributed by atoms with Crippen LogP contribution in [0.3, 0.4) is 0 Å². The van der Waals surface area contributed by atoms with Crippen LogP contribution in [0, 0.1) is 11.3 Å². The van der Waals surface area contributed by atoms with Gasteiger partial charge in [-0.1, -0.05) is 17.8 Å². The molecule has 0 aliphatic heterocycles. The number of rotatable bonds is 6. The van der Waals surface area contributed by atoms with Crippen molar-refractivity contribution in [3.05, 3.63) is 54.1 Å². The van der Waals surface area contributed by atoms with Crippen LogP contribution in [0.25, 0.3) is 0 Å². The van der Waals surface area contributed by atoms with E-state index in [0.717, 1.165) is 24.3 Å². The minimum absolute atomic E-state index is 0.0368. The smallest absolute Gasteiger partial charge is 0.154 e. The lowest BCUT2D eigenvalue weighted by Crippen LogP contribution is -2.38. The number of nitrogens with one attached hydrogen (secondary N) is 3. The summed E-state index contributed by atoms with van der Waals surface area (Å²) >= 11 is 1.43. The third kappa shape index (κ3) is 5.27. The van der Waals surface area contributed by atoms with Gasteiger partial charge in [0.1, 0.15) is 5.83 Å². The van der Waals surface area contributed by atoms with Crippen molar-refractivity contribution in [2.24, 2.45) is 5.92 Å². The molecule has 2 atom stereocenters. The first-order valence-corrected chi connectivity index (χ1v) is 8.24. The molecule has 0 amide bonds. The van der Waals surface area contributed by atoms with Gasteiger partial charge in [-0.15, -0.1) is 0 Å². The van der Waals surface area contributed by atoms with Crippen molar-refractivity contribution in [2.75, 3.05) is 13.6 Å². The number of nitrogens with zero attached hydrogens (tertiary/aromatic N) is 1. The molecule has 2 rings (SSSR count). The third-order valence-corrected chi connectivity index (χ3v) is 4.34. The van der Waals surface area contributed by atoms with Crippen LogP contribution in [0.1, 0.15) is 12.0 Å². The van der Waals surface area contributed by atoms with Crippen LogP contribution in [-0.4, -0.2) is 29.8 Å². The van der Waals surface area contributed by atoms with E-state index >= 15 is 0 Å². The second-order valence-electron chi connectivity index (χ2n) is 5.11. The Morgan fingerprint density at radius 3 is 2.91 bits per heavy atom. The lowest BCUT2D eigenvalue weighted by Gasteiger charge is -2.26. The minimum atomic E-state index is -0.199. The summed E-state index contributed by atoms with van der Waals surface area (Å²) in [5.41, 5.74) is 1.13. The van der Waals surface area contributed by atoms with Crippen LogP contribution in [0.15, 0.2) is 48.6 Å². The van der Waals surface area contributed by atoms with Crippen molar-refractivity contribution in [1.82, 2.24) is 15.6 Å².